The van der Waals surface area contributed by atoms with Crippen LogP contribution in [0, 0.1) is 6.92 Å². The van der Waals surface area contributed by atoms with Gasteiger partial charge in [-0.15, -0.1) is 0 Å². The third-order valence-corrected chi connectivity index (χ3v) is 4.99. The van der Waals surface area contributed by atoms with Crippen LogP contribution in [0.3, 0.4) is 0 Å². The van der Waals surface area contributed by atoms with Gasteiger partial charge in [0.1, 0.15) is 16.8 Å². The Balaban J connectivity index is 2.09. The fourth-order valence-corrected chi connectivity index (χ4v) is 3.82. The van der Waals surface area contributed by atoms with E-state index in [1.807, 2.05) is 0 Å². The van der Waals surface area contributed by atoms with Gasteiger partial charge in [0.05, 0.1) is 11.3 Å². The van der Waals surface area contributed by atoms with Crippen molar-refractivity contribution in [3.05, 3.63) is 60.8 Å². The largest absolute Gasteiger partial charge is 0.480 e. The minimum atomic E-state index is -1.17. The minimum Gasteiger partial charge on any atom is -0.480 e. The number of aliphatic carboxylic acids is 1. The SMILES string of the molecule is Cc1nn2c(=O)/c(=C3/C(=O)N(CC(=O)O)c4ccccc43)sc2nc1=O. The molecule has 0 spiro atoms. The molecule has 26 heavy (non-hydrogen) atoms. The summed E-state index contributed by atoms with van der Waals surface area (Å²) in [7, 11) is 0. The maximum absolute atomic E-state index is 12.8. The molecule has 3 aromatic rings. The summed E-state index contributed by atoms with van der Waals surface area (Å²) in [5.74, 6) is -1.76. The van der Waals surface area contributed by atoms with Gasteiger partial charge >= 0.3 is 5.97 Å². The Morgan fingerprint density at radius 3 is 2.69 bits per heavy atom. The molecule has 0 aliphatic carbocycles. The number of carbonyl (C=O) groups is 2. The lowest BCUT2D eigenvalue weighted by molar-refractivity contribution is -0.136. The van der Waals surface area contributed by atoms with Gasteiger partial charge in [-0.1, -0.05) is 29.5 Å². The van der Waals surface area contributed by atoms with Crippen molar-refractivity contribution in [2.45, 2.75) is 6.92 Å². The molecule has 0 bridgehead atoms. The summed E-state index contributed by atoms with van der Waals surface area (Å²) in [5.41, 5.74) is -0.0846. The number of amides is 1. The molecule has 2 aromatic heterocycles. The Bertz CT molecular complexity index is 1280. The molecule has 4 rings (SSSR count). The minimum absolute atomic E-state index is 0.0691. The number of aryl methyl sites for hydroxylation is 1. The third kappa shape index (κ3) is 2.23. The quantitative estimate of drug-likeness (QED) is 0.625. The van der Waals surface area contributed by atoms with Gasteiger partial charge in [-0.05, 0) is 13.0 Å². The zero-order valence-electron chi connectivity index (χ0n) is 13.3. The first-order valence-corrected chi connectivity index (χ1v) is 8.28. The van der Waals surface area contributed by atoms with Gasteiger partial charge in [0.25, 0.3) is 17.0 Å². The number of rotatable bonds is 2. The second kappa shape index (κ2) is 5.56. The molecule has 0 atom stereocenters. The van der Waals surface area contributed by atoms with Gasteiger partial charge in [-0.2, -0.15) is 14.6 Å². The van der Waals surface area contributed by atoms with Crippen molar-refractivity contribution in [1.82, 2.24) is 14.6 Å². The molecule has 1 aromatic carbocycles. The monoisotopic (exact) mass is 370 g/mol. The van der Waals surface area contributed by atoms with E-state index in [1.165, 1.54) is 6.92 Å². The highest BCUT2D eigenvalue weighted by Crippen LogP contribution is 2.34. The predicted octanol–water partition coefficient (Wildman–Crippen LogP) is -0.831. The van der Waals surface area contributed by atoms with Crippen LogP contribution in [0.1, 0.15) is 11.3 Å². The molecule has 0 fully saturated rings. The van der Waals surface area contributed by atoms with Gasteiger partial charge in [0.2, 0.25) is 4.96 Å². The van der Waals surface area contributed by atoms with E-state index in [4.69, 9.17) is 5.11 Å². The number of hydrogen-bond acceptors (Lipinski definition) is 7. The number of aromatic nitrogens is 3. The Hall–Kier alpha value is -3.40. The lowest BCUT2D eigenvalue weighted by Crippen LogP contribution is -2.35. The average molecular weight is 370 g/mol. The molecule has 1 amide bonds. The summed E-state index contributed by atoms with van der Waals surface area (Å²) in [6.07, 6.45) is 0. The van der Waals surface area contributed by atoms with E-state index in [1.54, 1.807) is 24.3 Å². The van der Waals surface area contributed by atoms with E-state index < -0.39 is 29.5 Å². The zero-order chi connectivity index (χ0) is 18.6. The topological polar surface area (TPSA) is 122 Å². The number of para-hydroxylation sites is 1. The summed E-state index contributed by atoms with van der Waals surface area (Å²) >= 11 is 0.877. The molecule has 10 heteroatoms. The van der Waals surface area contributed by atoms with E-state index in [0.29, 0.717) is 11.3 Å². The highest BCUT2D eigenvalue weighted by Gasteiger charge is 2.35. The number of thiazole rings is 1. The van der Waals surface area contributed by atoms with Gasteiger partial charge in [0, 0.05) is 5.56 Å². The second-order valence-electron chi connectivity index (χ2n) is 5.61. The number of nitrogens with zero attached hydrogens (tertiary/aromatic N) is 4. The standard InChI is InChI=1S/C16H10N4O5S/c1-7-13(23)17-16-20(18-7)15(25)12(26-16)11-8-4-2-3-5-9(8)19(14(11)24)6-10(21)22/h2-5H,6H2,1H3,(H,21,22)/b12-11-. The first-order valence-electron chi connectivity index (χ1n) is 7.46. The predicted molar refractivity (Wildman–Crippen MR) is 92.3 cm³/mol. The highest BCUT2D eigenvalue weighted by molar-refractivity contribution is 7.15. The number of carboxylic acids is 1. The third-order valence-electron chi connectivity index (χ3n) is 3.96. The second-order valence-corrected chi connectivity index (χ2v) is 6.59. The number of carbonyl (C=O) groups excluding carboxylic acids is 1. The summed E-state index contributed by atoms with van der Waals surface area (Å²) in [6, 6.07) is 6.63. The molecule has 1 N–H and O–H groups in total. The molecule has 9 nitrogen and oxygen atoms in total. The summed E-state index contributed by atoms with van der Waals surface area (Å²) in [6.45, 7) is 0.919. The van der Waals surface area contributed by atoms with Gasteiger partial charge < -0.3 is 5.11 Å². The normalized spacial score (nSPS) is 15.6. The van der Waals surface area contributed by atoms with Crippen LogP contribution >= 0.6 is 11.3 Å². The van der Waals surface area contributed by atoms with Crippen LogP contribution < -0.4 is 20.6 Å². The first-order chi connectivity index (χ1) is 12.4. The number of anilines is 1. The van der Waals surface area contributed by atoms with Gasteiger partial charge in [0.15, 0.2) is 0 Å². The number of hydrogen-bond donors (Lipinski definition) is 1. The molecule has 0 unspecified atom stereocenters. The van der Waals surface area contributed by atoms with Crippen LogP contribution in [0.15, 0.2) is 33.9 Å². The van der Waals surface area contributed by atoms with Crippen molar-refractivity contribution in [3.63, 3.8) is 0 Å². The van der Waals surface area contributed by atoms with E-state index in [0.717, 1.165) is 20.8 Å². The van der Waals surface area contributed by atoms with E-state index in [9.17, 15) is 19.2 Å². The van der Waals surface area contributed by atoms with Crippen LogP contribution in [-0.4, -0.2) is 38.1 Å². The zero-order valence-corrected chi connectivity index (χ0v) is 14.1. The Morgan fingerprint density at radius 1 is 1.23 bits per heavy atom. The molecule has 0 saturated carbocycles. The summed E-state index contributed by atoms with van der Waals surface area (Å²) in [4.78, 5) is 53.4. The maximum atomic E-state index is 12.8. The van der Waals surface area contributed by atoms with Gasteiger partial charge in [-0.3, -0.25) is 24.1 Å². The molecular formula is C16H10N4O5S. The summed E-state index contributed by atoms with van der Waals surface area (Å²) < 4.78 is 1.06. The Morgan fingerprint density at radius 2 is 1.96 bits per heavy atom. The van der Waals surface area contributed by atoms with E-state index in [2.05, 4.69) is 10.1 Å². The van der Waals surface area contributed by atoms with Crippen LogP contribution in [-0.2, 0) is 9.59 Å². The molecule has 130 valence electrons. The number of carboxylic acid groups (broad SMARTS) is 1. The Kier molecular flexibility index (Phi) is 3.44. The lowest BCUT2D eigenvalue weighted by Gasteiger charge is -2.13. The van der Waals surface area contributed by atoms with Crippen molar-refractivity contribution in [2.24, 2.45) is 0 Å². The average Bonchev–Trinajstić information content (AvgIpc) is 3.04. The molecule has 1 aliphatic heterocycles. The van der Waals surface area contributed by atoms with Crippen LogP contribution in [0.25, 0.3) is 10.5 Å². The van der Waals surface area contributed by atoms with E-state index >= 15 is 0 Å². The van der Waals surface area contributed by atoms with Crippen LogP contribution in [0.2, 0.25) is 0 Å². The molecule has 0 radical (unpaired) electrons. The first kappa shape index (κ1) is 16.1. The van der Waals surface area contributed by atoms with Crippen molar-refractivity contribution >= 4 is 39.4 Å². The molecule has 0 saturated heterocycles. The molecular weight excluding hydrogens is 360 g/mol. The van der Waals surface area contributed by atoms with Crippen LogP contribution in [0.4, 0.5) is 5.69 Å². The smallest absolute Gasteiger partial charge is 0.323 e. The maximum Gasteiger partial charge on any atom is 0.323 e. The van der Waals surface area contributed by atoms with E-state index in [-0.39, 0.29) is 20.8 Å². The molecule has 1 aliphatic rings. The Labute approximate surface area is 148 Å². The van der Waals surface area contributed by atoms with Crippen molar-refractivity contribution < 1.29 is 14.7 Å². The van der Waals surface area contributed by atoms with Crippen molar-refractivity contribution in [2.75, 3.05) is 11.4 Å². The van der Waals surface area contributed by atoms with Crippen molar-refractivity contribution in [3.8, 4) is 0 Å². The fourth-order valence-electron chi connectivity index (χ4n) is 2.83. The fraction of sp³-hybridized carbons (Fsp3) is 0.125. The highest BCUT2D eigenvalue weighted by atomic mass is 32.1. The number of fused-ring (bicyclic) bond motifs is 2. The van der Waals surface area contributed by atoms with Crippen LogP contribution in [0.5, 0.6) is 0 Å². The van der Waals surface area contributed by atoms with Gasteiger partial charge in [-0.25, -0.2) is 0 Å². The molecule has 3 heterocycles. The van der Waals surface area contributed by atoms with Crippen molar-refractivity contribution in [1.29, 1.82) is 0 Å². The number of benzene rings is 1. The lowest BCUT2D eigenvalue weighted by atomic mass is 10.1. The summed E-state index contributed by atoms with van der Waals surface area (Å²) in [5, 5.41) is 13.0.